The van der Waals surface area contributed by atoms with E-state index in [1.807, 2.05) is 30.3 Å². The Hall–Kier alpha value is -1.49. The molecule has 1 unspecified atom stereocenters. The highest BCUT2D eigenvalue weighted by atomic mass is 32.2. The maximum Gasteiger partial charge on any atom is 0.309 e. The number of ether oxygens (including phenoxy) is 1. The van der Waals surface area contributed by atoms with E-state index in [-0.39, 0.29) is 17.8 Å². The van der Waals surface area contributed by atoms with Crippen LogP contribution in [0.2, 0.25) is 0 Å². The molecule has 0 radical (unpaired) electrons. The Balaban J connectivity index is 2.38. The molecule has 1 rings (SSSR count). The lowest BCUT2D eigenvalue weighted by atomic mass is 10.2. The van der Waals surface area contributed by atoms with Gasteiger partial charge < -0.3 is 9.64 Å². The lowest BCUT2D eigenvalue weighted by molar-refractivity contribution is -0.144. The van der Waals surface area contributed by atoms with E-state index < -0.39 is 0 Å². The number of rotatable bonds is 6. The Morgan fingerprint density at radius 2 is 1.95 bits per heavy atom. The highest BCUT2D eigenvalue weighted by molar-refractivity contribution is 8.00. The quantitative estimate of drug-likeness (QED) is 0.750. The van der Waals surface area contributed by atoms with E-state index in [2.05, 4.69) is 4.74 Å². The molecule has 0 heterocycles. The lowest BCUT2D eigenvalue weighted by Crippen LogP contribution is -2.28. The third-order valence-electron chi connectivity index (χ3n) is 2.71. The molecule has 0 aliphatic carbocycles. The fourth-order valence-electron chi connectivity index (χ4n) is 1.48. The average Bonchev–Trinajstić information content (AvgIpc) is 2.46. The number of carbonyl (C=O) groups is 2. The highest BCUT2D eigenvalue weighted by Crippen LogP contribution is 2.15. The molecule has 0 saturated carbocycles. The number of hydrogen-bond acceptors (Lipinski definition) is 4. The van der Waals surface area contributed by atoms with Crippen LogP contribution in [-0.2, 0) is 14.3 Å². The standard InChI is InChI=1S/C14H19NO3S/c1-11(14(17)18-3)9-19-10-13(16)15(2)12-7-5-4-6-8-12/h4-8,11H,9-10H2,1-3H3. The number of thioether (sulfide) groups is 1. The Labute approximate surface area is 118 Å². The molecule has 5 heteroatoms. The fraction of sp³-hybridized carbons (Fsp3) is 0.429. The minimum Gasteiger partial charge on any atom is -0.469 e. The molecule has 0 aromatic heterocycles. The summed E-state index contributed by atoms with van der Waals surface area (Å²) in [7, 11) is 3.12. The summed E-state index contributed by atoms with van der Waals surface area (Å²) < 4.78 is 4.64. The number of methoxy groups -OCH3 is 1. The van der Waals surface area contributed by atoms with Crippen LogP contribution in [-0.4, -0.2) is 37.5 Å². The molecule has 0 bridgehead atoms. The zero-order valence-electron chi connectivity index (χ0n) is 11.5. The fourth-order valence-corrected chi connectivity index (χ4v) is 2.46. The minimum atomic E-state index is -0.239. The van der Waals surface area contributed by atoms with Gasteiger partial charge in [-0.3, -0.25) is 9.59 Å². The minimum absolute atomic E-state index is 0.0215. The lowest BCUT2D eigenvalue weighted by Gasteiger charge is -2.17. The van der Waals surface area contributed by atoms with Crippen LogP contribution < -0.4 is 4.90 Å². The average molecular weight is 281 g/mol. The van der Waals surface area contributed by atoms with Gasteiger partial charge in [0.25, 0.3) is 0 Å². The van der Waals surface area contributed by atoms with E-state index in [9.17, 15) is 9.59 Å². The maximum absolute atomic E-state index is 12.0. The third kappa shape index (κ3) is 4.95. The molecule has 19 heavy (non-hydrogen) atoms. The molecule has 1 atom stereocenters. The first-order valence-corrected chi connectivity index (χ1v) is 7.19. The van der Waals surface area contributed by atoms with Gasteiger partial charge in [-0.25, -0.2) is 0 Å². The number of amides is 1. The van der Waals surface area contributed by atoms with Crippen LogP contribution >= 0.6 is 11.8 Å². The molecule has 0 aliphatic rings. The van der Waals surface area contributed by atoms with Gasteiger partial charge in [-0.1, -0.05) is 25.1 Å². The van der Waals surface area contributed by atoms with Crippen LogP contribution in [0.1, 0.15) is 6.92 Å². The van der Waals surface area contributed by atoms with E-state index in [4.69, 9.17) is 0 Å². The van der Waals surface area contributed by atoms with Gasteiger partial charge in [-0.15, -0.1) is 0 Å². The van der Waals surface area contributed by atoms with Crippen LogP contribution in [0, 0.1) is 5.92 Å². The molecule has 1 aromatic rings. The molecular weight excluding hydrogens is 262 g/mol. The van der Waals surface area contributed by atoms with Gasteiger partial charge in [-0.2, -0.15) is 11.8 Å². The molecule has 0 spiro atoms. The van der Waals surface area contributed by atoms with Crippen molar-refractivity contribution in [1.82, 2.24) is 0 Å². The van der Waals surface area contributed by atoms with Gasteiger partial charge in [0.05, 0.1) is 18.8 Å². The monoisotopic (exact) mass is 281 g/mol. The summed E-state index contributed by atoms with van der Waals surface area (Å²) in [6.45, 7) is 1.80. The van der Waals surface area contributed by atoms with E-state index in [0.29, 0.717) is 11.5 Å². The zero-order chi connectivity index (χ0) is 14.3. The number of benzene rings is 1. The van der Waals surface area contributed by atoms with Crippen molar-refractivity contribution in [2.75, 3.05) is 30.6 Å². The zero-order valence-corrected chi connectivity index (χ0v) is 12.3. The number of nitrogens with zero attached hydrogens (tertiary/aromatic N) is 1. The number of para-hydroxylation sites is 1. The maximum atomic E-state index is 12.0. The van der Waals surface area contributed by atoms with Crippen LogP contribution in [0.3, 0.4) is 0 Å². The van der Waals surface area contributed by atoms with Crippen molar-refractivity contribution in [3.05, 3.63) is 30.3 Å². The summed E-state index contributed by atoms with van der Waals surface area (Å²) in [5.41, 5.74) is 0.870. The predicted molar refractivity (Wildman–Crippen MR) is 78.4 cm³/mol. The number of anilines is 1. The summed E-state index contributed by atoms with van der Waals surface area (Å²) in [5, 5.41) is 0. The normalized spacial score (nSPS) is 11.7. The van der Waals surface area contributed by atoms with Gasteiger partial charge in [0, 0.05) is 18.5 Å². The van der Waals surface area contributed by atoms with Crippen LogP contribution in [0.4, 0.5) is 5.69 Å². The highest BCUT2D eigenvalue weighted by Gasteiger charge is 2.15. The molecule has 1 aromatic carbocycles. The summed E-state index contributed by atoms with van der Waals surface area (Å²) in [5.74, 6) is 0.530. The Morgan fingerprint density at radius 3 is 2.53 bits per heavy atom. The van der Waals surface area contributed by atoms with Gasteiger partial charge >= 0.3 is 5.97 Å². The van der Waals surface area contributed by atoms with Crippen molar-refractivity contribution in [3.8, 4) is 0 Å². The Kier molecular flexibility index (Phi) is 6.42. The SMILES string of the molecule is COC(=O)C(C)CSCC(=O)N(C)c1ccccc1. The first-order valence-electron chi connectivity index (χ1n) is 6.03. The van der Waals surface area contributed by atoms with Crippen molar-refractivity contribution in [3.63, 3.8) is 0 Å². The number of carbonyl (C=O) groups excluding carboxylic acids is 2. The first kappa shape index (κ1) is 15.6. The second-order valence-electron chi connectivity index (χ2n) is 4.23. The third-order valence-corrected chi connectivity index (χ3v) is 3.90. The van der Waals surface area contributed by atoms with Crippen molar-refractivity contribution < 1.29 is 14.3 Å². The summed E-state index contributed by atoms with van der Waals surface area (Å²) in [4.78, 5) is 24.8. The number of hydrogen-bond donors (Lipinski definition) is 0. The van der Waals surface area contributed by atoms with E-state index in [1.165, 1.54) is 18.9 Å². The van der Waals surface area contributed by atoms with Crippen molar-refractivity contribution >= 4 is 29.3 Å². The molecule has 0 N–H and O–H groups in total. The molecule has 0 aliphatic heterocycles. The molecule has 0 fully saturated rings. The second kappa shape index (κ2) is 7.84. The van der Waals surface area contributed by atoms with Crippen molar-refractivity contribution in [2.45, 2.75) is 6.92 Å². The van der Waals surface area contributed by atoms with Crippen LogP contribution in [0.15, 0.2) is 30.3 Å². The Bertz CT molecular complexity index is 422. The Morgan fingerprint density at radius 1 is 1.32 bits per heavy atom. The van der Waals surface area contributed by atoms with E-state index in [0.717, 1.165) is 5.69 Å². The summed E-state index contributed by atoms with van der Waals surface area (Å²) in [6.07, 6.45) is 0. The van der Waals surface area contributed by atoms with Crippen LogP contribution in [0.5, 0.6) is 0 Å². The topological polar surface area (TPSA) is 46.6 Å². The van der Waals surface area contributed by atoms with Gasteiger partial charge in [-0.05, 0) is 12.1 Å². The van der Waals surface area contributed by atoms with Gasteiger partial charge in [0.2, 0.25) is 5.91 Å². The summed E-state index contributed by atoms with van der Waals surface area (Å²) in [6, 6.07) is 9.48. The van der Waals surface area contributed by atoms with Gasteiger partial charge in [0.1, 0.15) is 0 Å². The molecular formula is C14H19NO3S. The van der Waals surface area contributed by atoms with Crippen LogP contribution in [0.25, 0.3) is 0 Å². The summed E-state index contributed by atoms with van der Waals surface area (Å²) >= 11 is 1.44. The van der Waals surface area contributed by atoms with E-state index in [1.54, 1.807) is 18.9 Å². The number of esters is 1. The molecule has 4 nitrogen and oxygen atoms in total. The molecule has 0 saturated heterocycles. The molecule has 104 valence electrons. The van der Waals surface area contributed by atoms with Crippen molar-refractivity contribution in [1.29, 1.82) is 0 Å². The largest absolute Gasteiger partial charge is 0.469 e. The second-order valence-corrected chi connectivity index (χ2v) is 5.26. The van der Waals surface area contributed by atoms with E-state index >= 15 is 0 Å². The first-order chi connectivity index (χ1) is 9.06. The smallest absolute Gasteiger partial charge is 0.309 e. The molecule has 1 amide bonds. The van der Waals surface area contributed by atoms with Crippen molar-refractivity contribution in [2.24, 2.45) is 5.92 Å². The predicted octanol–water partition coefficient (Wildman–Crippen LogP) is 2.19. The van der Waals surface area contributed by atoms with Gasteiger partial charge in [0.15, 0.2) is 0 Å².